The maximum atomic E-state index is 13.5. The fourth-order valence-electron chi connectivity index (χ4n) is 2.82. The molecular weight excluding hydrogens is 307 g/mol. The molecular formula is C18H19FN4O. The number of benzene rings is 1. The van der Waals surface area contributed by atoms with Gasteiger partial charge in [0.05, 0.1) is 5.52 Å². The number of carbonyl (C=O) groups is 1. The van der Waals surface area contributed by atoms with E-state index in [9.17, 15) is 9.18 Å². The van der Waals surface area contributed by atoms with Gasteiger partial charge >= 0.3 is 0 Å². The van der Waals surface area contributed by atoms with Crippen LogP contribution in [0.15, 0.2) is 36.7 Å². The molecule has 2 heterocycles. The van der Waals surface area contributed by atoms with Crippen molar-refractivity contribution in [1.29, 1.82) is 0 Å². The number of anilines is 2. The van der Waals surface area contributed by atoms with Gasteiger partial charge in [0.1, 0.15) is 18.2 Å². The predicted molar refractivity (Wildman–Crippen MR) is 93.0 cm³/mol. The maximum absolute atomic E-state index is 13.5. The SMILES string of the molecule is CNC(=O)Cn1ccc2c(Nc3c(C)cc(F)cc3C)nccc21. The van der Waals surface area contributed by atoms with E-state index in [-0.39, 0.29) is 18.3 Å². The van der Waals surface area contributed by atoms with E-state index >= 15 is 0 Å². The number of rotatable bonds is 4. The van der Waals surface area contributed by atoms with Crippen LogP contribution in [0.3, 0.4) is 0 Å². The van der Waals surface area contributed by atoms with Crippen molar-refractivity contribution in [3.8, 4) is 0 Å². The summed E-state index contributed by atoms with van der Waals surface area (Å²) in [6.07, 6.45) is 3.55. The van der Waals surface area contributed by atoms with Gasteiger partial charge in [0.15, 0.2) is 0 Å². The van der Waals surface area contributed by atoms with Crippen LogP contribution in [0.5, 0.6) is 0 Å². The molecule has 1 amide bonds. The molecule has 6 heteroatoms. The summed E-state index contributed by atoms with van der Waals surface area (Å²) in [5.41, 5.74) is 3.39. The average molecular weight is 326 g/mol. The lowest BCUT2D eigenvalue weighted by Gasteiger charge is -2.13. The first-order valence-electron chi connectivity index (χ1n) is 7.68. The zero-order valence-corrected chi connectivity index (χ0v) is 13.9. The Morgan fingerprint density at radius 1 is 1.25 bits per heavy atom. The summed E-state index contributed by atoms with van der Waals surface area (Å²) in [6.45, 7) is 3.96. The van der Waals surface area contributed by atoms with Gasteiger partial charge in [0, 0.05) is 30.5 Å². The Morgan fingerprint density at radius 2 is 1.96 bits per heavy atom. The quantitative estimate of drug-likeness (QED) is 0.773. The predicted octanol–water partition coefficient (Wildman–Crippen LogP) is 3.28. The number of halogens is 1. The van der Waals surface area contributed by atoms with Crippen LogP contribution >= 0.6 is 0 Å². The van der Waals surface area contributed by atoms with Gasteiger partial charge in [-0.1, -0.05) is 0 Å². The van der Waals surface area contributed by atoms with E-state index < -0.39 is 0 Å². The number of carbonyl (C=O) groups excluding carboxylic acids is 1. The van der Waals surface area contributed by atoms with Crippen molar-refractivity contribution < 1.29 is 9.18 Å². The molecule has 2 aromatic heterocycles. The van der Waals surface area contributed by atoms with E-state index in [1.54, 1.807) is 13.2 Å². The van der Waals surface area contributed by atoms with Gasteiger partial charge in [0.25, 0.3) is 0 Å². The van der Waals surface area contributed by atoms with E-state index in [4.69, 9.17) is 0 Å². The lowest BCUT2D eigenvalue weighted by Crippen LogP contribution is -2.22. The number of likely N-dealkylation sites (N-methyl/N-ethyl adjacent to an activating group) is 1. The Balaban J connectivity index is 2.01. The molecule has 0 radical (unpaired) electrons. The third kappa shape index (κ3) is 2.95. The van der Waals surface area contributed by atoms with E-state index in [1.807, 2.05) is 36.7 Å². The molecule has 0 saturated carbocycles. The Hall–Kier alpha value is -2.89. The van der Waals surface area contributed by atoms with Gasteiger partial charge in [-0.2, -0.15) is 0 Å². The molecule has 3 rings (SSSR count). The molecule has 0 spiro atoms. The van der Waals surface area contributed by atoms with Crippen LogP contribution in [0.25, 0.3) is 10.9 Å². The molecule has 0 atom stereocenters. The largest absolute Gasteiger partial charge is 0.358 e. The molecule has 5 nitrogen and oxygen atoms in total. The number of aryl methyl sites for hydroxylation is 2. The number of fused-ring (bicyclic) bond motifs is 1. The number of hydrogen-bond donors (Lipinski definition) is 2. The molecule has 2 N–H and O–H groups in total. The van der Waals surface area contributed by atoms with E-state index in [0.717, 1.165) is 27.7 Å². The first kappa shape index (κ1) is 16.0. The highest BCUT2D eigenvalue weighted by atomic mass is 19.1. The van der Waals surface area contributed by atoms with Crippen molar-refractivity contribution in [2.45, 2.75) is 20.4 Å². The van der Waals surface area contributed by atoms with Crippen LogP contribution in [0, 0.1) is 19.7 Å². The molecule has 124 valence electrons. The average Bonchev–Trinajstić information content (AvgIpc) is 2.94. The first-order valence-corrected chi connectivity index (χ1v) is 7.68. The van der Waals surface area contributed by atoms with Gasteiger partial charge in [0.2, 0.25) is 5.91 Å². The molecule has 0 bridgehead atoms. The number of pyridine rings is 1. The molecule has 1 aromatic carbocycles. The summed E-state index contributed by atoms with van der Waals surface area (Å²) in [7, 11) is 1.61. The van der Waals surface area contributed by atoms with Crippen LogP contribution in [-0.4, -0.2) is 22.5 Å². The van der Waals surface area contributed by atoms with Gasteiger partial charge in [-0.15, -0.1) is 0 Å². The van der Waals surface area contributed by atoms with Crippen LogP contribution < -0.4 is 10.6 Å². The van der Waals surface area contributed by atoms with Crippen molar-refractivity contribution >= 4 is 28.3 Å². The highest BCUT2D eigenvalue weighted by Crippen LogP contribution is 2.29. The zero-order valence-electron chi connectivity index (χ0n) is 13.9. The van der Waals surface area contributed by atoms with Crippen LogP contribution in [0.2, 0.25) is 0 Å². The Kier molecular flexibility index (Phi) is 4.20. The minimum absolute atomic E-state index is 0.0657. The number of aromatic nitrogens is 2. The van der Waals surface area contributed by atoms with E-state index in [0.29, 0.717) is 5.82 Å². The molecule has 24 heavy (non-hydrogen) atoms. The summed E-state index contributed by atoms with van der Waals surface area (Å²) in [4.78, 5) is 16.0. The normalized spacial score (nSPS) is 10.8. The van der Waals surface area contributed by atoms with E-state index in [1.165, 1.54) is 12.1 Å². The second kappa shape index (κ2) is 6.31. The standard InChI is InChI=1S/C18H19FN4O/c1-11-8-13(19)9-12(2)17(11)22-18-14-5-7-23(10-16(24)20-3)15(14)4-6-21-18/h4-9H,10H2,1-3H3,(H,20,24)(H,21,22). The van der Waals surface area contributed by atoms with Crippen LogP contribution in [-0.2, 0) is 11.3 Å². The lowest BCUT2D eigenvalue weighted by molar-refractivity contribution is -0.121. The van der Waals surface area contributed by atoms with Crippen molar-refractivity contribution in [3.05, 3.63) is 53.6 Å². The molecule has 0 unspecified atom stereocenters. The minimum Gasteiger partial charge on any atom is -0.358 e. The van der Waals surface area contributed by atoms with Crippen LogP contribution in [0.1, 0.15) is 11.1 Å². The molecule has 0 fully saturated rings. The van der Waals surface area contributed by atoms with Gasteiger partial charge in [-0.25, -0.2) is 9.37 Å². The van der Waals surface area contributed by atoms with Gasteiger partial charge in [-0.05, 0) is 49.2 Å². The topological polar surface area (TPSA) is 59.0 Å². The second-order valence-corrected chi connectivity index (χ2v) is 5.75. The molecule has 0 saturated heterocycles. The van der Waals surface area contributed by atoms with Gasteiger partial charge < -0.3 is 15.2 Å². The zero-order chi connectivity index (χ0) is 17.3. The van der Waals surface area contributed by atoms with Crippen molar-refractivity contribution in [2.75, 3.05) is 12.4 Å². The Bertz CT molecular complexity index is 894. The summed E-state index contributed by atoms with van der Waals surface area (Å²) < 4.78 is 15.3. The Labute approximate surface area is 139 Å². The summed E-state index contributed by atoms with van der Waals surface area (Å²) in [5.74, 6) is 0.364. The summed E-state index contributed by atoms with van der Waals surface area (Å²) in [6, 6.07) is 6.77. The Morgan fingerprint density at radius 3 is 2.62 bits per heavy atom. The monoisotopic (exact) mass is 326 g/mol. The highest BCUT2D eigenvalue weighted by molar-refractivity contribution is 5.93. The van der Waals surface area contributed by atoms with Crippen molar-refractivity contribution in [3.63, 3.8) is 0 Å². The van der Waals surface area contributed by atoms with Crippen molar-refractivity contribution in [2.24, 2.45) is 0 Å². The van der Waals surface area contributed by atoms with Crippen molar-refractivity contribution in [1.82, 2.24) is 14.9 Å². The molecule has 0 aliphatic heterocycles. The number of hydrogen-bond acceptors (Lipinski definition) is 3. The fourth-order valence-corrected chi connectivity index (χ4v) is 2.82. The molecule has 0 aliphatic carbocycles. The third-order valence-electron chi connectivity index (χ3n) is 4.03. The number of amides is 1. The van der Waals surface area contributed by atoms with Gasteiger partial charge in [-0.3, -0.25) is 4.79 Å². The third-order valence-corrected chi connectivity index (χ3v) is 4.03. The lowest BCUT2D eigenvalue weighted by atomic mass is 10.1. The number of nitrogens with one attached hydrogen (secondary N) is 2. The number of nitrogens with zero attached hydrogens (tertiary/aromatic N) is 2. The second-order valence-electron chi connectivity index (χ2n) is 5.75. The molecule has 3 aromatic rings. The fraction of sp³-hybridized carbons (Fsp3) is 0.222. The smallest absolute Gasteiger partial charge is 0.239 e. The van der Waals surface area contributed by atoms with Crippen LogP contribution in [0.4, 0.5) is 15.9 Å². The summed E-state index contributed by atoms with van der Waals surface area (Å²) in [5, 5.41) is 6.82. The van der Waals surface area contributed by atoms with E-state index in [2.05, 4.69) is 15.6 Å². The maximum Gasteiger partial charge on any atom is 0.239 e. The minimum atomic E-state index is -0.251. The summed E-state index contributed by atoms with van der Waals surface area (Å²) >= 11 is 0. The highest BCUT2D eigenvalue weighted by Gasteiger charge is 2.11. The first-order chi connectivity index (χ1) is 11.5. The molecule has 0 aliphatic rings.